The Morgan fingerprint density at radius 2 is 1.83 bits per heavy atom. The van der Waals surface area contributed by atoms with E-state index in [1.54, 1.807) is 30.3 Å². The van der Waals surface area contributed by atoms with Gasteiger partial charge in [-0.1, -0.05) is 47.1 Å². The molecular formula is C21H13ClF3NO3. The molecule has 1 N–H and O–H groups in total. The number of carboxylic acids is 1. The van der Waals surface area contributed by atoms with E-state index in [2.05, 4.69) is 5.16 Å². The van der Waals surface area contributed by atoms with Crippen LogP contribution in [0.3, 0.4) is 0 Å². The van der Waals surface area contributed by atoms with Crippen molar-refractivity contribution in [2.24, 2.45) is 5.16 Å². The van der Waals surface area contributed by atoms with Gasteiger partial charge >= 0.3 is 12.1 Å². The highest BCUT2D eigenvalue weighted by Crippen LogP contribution is 2.37. The Morgan fingerprint density at radius 1 is 1.10 bits per heavy atom. The highest BCUT2D eigenvalue weighted by molar-refractivity contribution is 6.30. The molecule has 1 aliphatic rings. The van der Waals surface area contributed by atoms with Gasteiger partial charge in [0.05, 0.1) is 16.8 Å². The highest BCUT2D eigenvalue weighted by Gasteiger charge is 2.33. The van der Waals surface area contributed by atoms with Crippen LogP contribution in [-0.2, 0) is 11.0 Å². The molecule has 4 rings (SSSR count). The van der Waals surface area contributed by atoms with Crippen molar-refractivity contribution >= 4 is 34.1 Å². The van der Waals surface area contributed by atoms with Crippen LogP contribution in [0.2, 0.25) is 5.02 Å². The van der Waals surface area contributed by atoms with Crippen molar-refractivity contribution in [2.75, 3.05) is 0 Å². The van der Waals surface area contributed by atoms with Crippen LogP contribution in [-0.4, -0.2) is 16.8 Å². The summed E-state index contributed by atoms with van der Waals surface area (Å²) in [7, 11) is 0. The number of aromatic carboxylic acids is 1. The van der Waals surface area contributed by atoms with E-state index in [4.69, 9.17) is 16.4 Å². The van der Waals surface area contributed by atoms with E-state index in [1.165, 1.54) is 12.1 Å². The molecule has 3 aromatic rings. The van der Waals surface area contributed by atoms with Crippen molar-refractivity contribution in [2.45, 2.75) is 18.7 Å². The quantitative estimate of drug-likeness (QED) is 0.560. The zero-order valence-electron chi connectivity index (χ0n) is 14.7. The second kappa shape index (κ2) is 7.08. The first kappa shape index (κ1) is 19.3. The smallest absolute Gasteiger partial charge is 0.416 e. The van der Waals surface area contributed by atoms with E-state index in [0.29, 0.717) is 22.0 Å². The van der Waals surface area contributed by atoms with Crippen LogP contribution in [0.5, 0.6) is 0 Å². The minimum Gasteiger partial charge on any atom is -0.478 e. The predicted molar refractivity (Wildman–Crippen MR) is 102 cm³/mol. The summed E-state index contributed by atoms with van der Waals surface area (Å²) >= 11 is 5.86. The molecule has 1 unspecified atom stereocenters. The number of carbonyl (C=O) groups is 1. The fraction of sp³-hybridized carbons (Fsp3) is 0.143. The summed E-state index contributed by atoms with van der Waals surface area (Å²) in [6, 6.07) is 13.4. The monoisotopic (exact) mass is 419 g/mol. The Bertz CT molecular complexity index is 1160. The van der Waals surface area contributed by atoms with Gasteiger partial charge in [0.15, 0.2) is 6.10 Å². The van der Waals surface area contributed by atoms with Crippen molar-refractivity contribution in [1.29, 1.82) is 0 Å². The number of oxime groups is 1. The lowest BCUT2D eigenvalue weighted by Gasteiger charge is -2.13. The fourth-order valence-corrected chi connectivity index (χ4v) is 3.66. The Morgan fingerprint density at radius 3 is 2.52 bits per heavy atom. The van der Waals surface area contributed by atoms with E-state index in [9.17, 15) is 23.1 Å². The molecule has 0 aromatic heterocycles. The number of hydrogen-bond donors (Lipinski definition) is 1. The Balaban J connectivity index is 1.69. The predicted octanol–water partition coefficient (Wildman–Crippen LogP) is 6.08. The number of benzene rings is 3. The largest absolute Gasteiger partial charge is 0.478 e. The number of alkyl halides is 3. The molecule has 0 spiro atoms. The van der Waals surface area contributed by atoms with Crippen LogP contribution in [0.25, 0.3) is 10.8 Å². The van der Waals surface area contributed by atoms with E-state index in [0.717, 1.165) is 12.1 Å². The van der Waals surface area contributed by atoms with E-state index >= 15 is 0 Å². The van der Waals surface area contributed by atoms with Crippen LogP contribution in [0.1, 0.15) is 39.6 Å². The van der Waals surface area contributed by atoms with Gasteiger partial charge in [0, 0.05) is 17.0 Å². The van der Waals surface area contributed by atoms with E-state index in [-0.39, 0.29) is 22.6 Å². The van der Waals surface area contributed by atoms with Crippen LogP contribution in [0, 0.1) is 0 Å². The van der Waals surface area contributed by atoms with Gasteiger partial charge in [0.1, 0.15) is 0 Å². The molecule has 1 aliphatic heterocycles. The molecule has 3 aromatic carbocycles. The summed E-state index contributed by atoms with van der Waals surface area (Å²) in [6.45, 7) is 0. The van der Waals surface area contributed by atoms with E-state index < -0.39 is 23.8 Å². The molecule has 4 nitrogen and oxygen atoms in total. The minimum absolute atomic E-state index is 0.0388. The molecule has 1 heterocycles. The Kier molecular flexibility index (Phi) is 4.70. The zero-order chi connectivity index (χ0) is 20.8. The van der Waals surface area contributed by atoms with Gasteiger partial charge in [-0.15, -0.1) is 0 Å². The van der Waals surface area contributed by atoms with Gasteiger partial charge < -0.3 is 9.94 Å². The van der Waals surface area contributed by atoms with Crippen LogP contribution in [0.4, 0.5) is 13.2 Å². The molecule has 1 atom stereocenters. The topological polar surface area (TPSA) is 58.9 Å². The van der Waals surface area contributed by atoms with Gasteiger partial charge in [-0.3, -0.25) is 0 Å². The number of halogens is 4. The van der Waals surface area contributed by atoms with Crippen molar-refractivity contribution in [1.82, 2.24) is 0 Å². The normalized spacial score (nSPS) is 16.6. The third-order valence-corrected chi connectivity index (χ3v) is 4.97. The SMILES string of the molecule is O=C(O)c1ccc(C2=NOC(c3cc(Cl)cc(C(F)(F)F)c3)C2)c2ccccc12. The molecule has 148 valence electrons. The second-order valence-electron chi connectivity index (χ2n) is 6.62. The lowest BCUT2D eigenvalue weighted by Crippen LogP contribution is -2.08. The Labute approximate surface area is 168 Å². The van der Waals surface area contributed by atoms with Gasteiger partial charge in [-0.2, -0.15) is 13.2 Å². The molecule has 0 fully saturated rings. The summed E-state index contributed by atoms with van der Waals surface area (Å²) < 4.78 is 39.2. The minimum atomic E-state index is -4.52. The van der Waals surface area contributed by atoms with Crippen molar-refractivity contribution < 1.29 is 27.9 Å². The van der Waals surface area contributed by atoms with Gasteiger partial charge in [0.2, 0.25) is 0 Å². The maximum Gasteiger partial charge on any atom is 0.416 e. The first-order valence-corrected chi connectivity index (χ1v) is 8.97. The van der Waals surface area contributed by atoms with Crippen LogP contribution >= 0.6 is 11.6 Å². The second-order valence-corrected chi connectivity index (χ2v) is 7.06. The van der Waals surface area contributed by atoms with Crippen molar-refractivity contribution in [3.05, 3.63) is 81.9 Å². The number of hydrogen-bond acceptors (Lipinski definition) is 3. The van der Waals surface area contributed by atoms with Crippen LogP contribution < -0.4 is 0 Å². The molecule has 0 saturated heterocycles. The number of rotatable bonds is 3. The molecule has 29 heavy (non-hydrogen) atoms. The molecule has 0 amide bonds. The first-order chi connectivity index (χ1) is 13.7. The maximum absolute atomic E-state index is 13.1. The molecule has 8 heteroatoms. The molecule has 0 bridgehead atoms. The molecule has 0 radical (unpaired) electrons. The maximum atomic E-state index is 13.1. The zero-order valence-corrected chi connectivity index (χ0v) is 15.5. The summed E-state index contributed by atoms with van der Waals surface area (Å²) in [5.74, 6) is -1.05. The van der Waals surface area contributed by atoms with Gasteiger partial charge in [-0.25, -0.2) is 4.79 Å². The summed E-state index contributed by atoms with van der Waals surface area (Å²) in [5, 5.41) is 14.6. The summed E-state index contributed by atoms with van der Waals surface area (Å²) in [5.41, 5.74) is 0.774. The number of fused-ring (bicyclic) bond motifs is 1. The van der Waals surface area contributed by atoms with Crippen molar-refractivity contribution in [3.63, 3.8) is 0 Å². The first-order valence-electron chi connectivity index (χ1n) is 8.60. The van der Waals surface area contributed by atoms with E-state index in [1.807, 2.05) is 0 Å². The standard InChI is InChI=1S/C21H13ClF3NO3/c22-13-8-11(7-12(9-13)21(23,24)25)19-10-18(26-29-19)16-5-6-17(20(27)28)15-4-2-1-3-14(15)16/h1-9,19H,10H2,(H,27,28). The van der Waals surface area contributed by atoms with Gasteiger partial charge in [0.25, 0.3) is 0 Å². The summed E-state index contributed by atoms with van der Waals surface area (Å²) in [6.07, 6.45) is -5.01. The molecule has 0 aliphatic carbocycles. The summed E-state index contributed by atoms with van der Waals surface area (Å²) in [4.78, 5) is 16.9. The molecular weight excluding hydrogens is 407 g/mol. The van der Waals surface area contributed by atoms with Crippen LogP contribution in [0.15, 0.2) is 59.8 Å². The third kappa shape index (κ3) is 3.65. The lowest BCUT2D eigenvalue weighted by atomic mass is 9.93. The van der Waals surface area contributed by atoms with Gasteiger partial charge in [-0.05, 0) is 40.6 Å². The Hall–Kier alpha value is -3.06. The molecule has 0 saturated carbocycles. The van der Waals surface area contributed by atoms with Crippen molar-refractivity contribution in [3.8, 4) is 0 Å². The fourth-order valence-electron chi connectivity index (χ4n) is 3.41. The average molecular weight is 420 g/mol. The number of carboxylic acid groups (broad SMARTS) is 1. The highest BCUT2D eigenvalue weighted by atomic mass is 35.5. The lowest BCUT2D eigenvalue weighted by molar-refractivity contribution is -0.137. The number of nitrogens with zero attached hydrogens (tertiary/aromatic N) is 1. The average Bonchev–Trinajstić information content (AvgIpc) is 3.16. The third-order valence-electron chi connectivity index (χ3n) is 4.75.